The van der Waals surface area contributed by atoms with E-state index < -0.39 is 0 Å². The van der Waals surface area contributed by atoms with E-state index in [9.17, 15) is 9.59 Å². The zero-order valence-corrected chi connectivity index (χ0v) is 18.6. The summed E-state index contributed by atoms with van der Waals surface area (Å²) in [5.41, 5.74) is 2.79. The van der Waals surface area contributed by atoms with Crippen molar-refractivity contribution in [2.45, 2.75) is 49.4 Å². The third-order valence-corrected chi connectivity index (χ3v) is 6.34. The van der Waals surface area contributed by atoms with Crippen molar-refractivity contribution >= 4 is 23.5 Å². The summed E-state index contributed by atoms with van der Waals surface area (Å²) in [4.78, 5) is 24.0. The van der Waals surface area contributed by atoms with E-state index >= 15 is 0 Å². The quantitative estimate of drug-likeness (QED) is 0.404. The Balaban J connectivity index is 1.46. The number of nitrogens with zero attached hydrogens (tertiary/aromatic N) is 3. The first-order chi connectivity index (χ1) is 15.0. The second kappa shape index (κ2) is 9.47. The number of para-hydroxylation sites is 1. The standard InChI is InChI=1S/C24H26N4O2S/c1-16(22(30)19-10-8-18(9-11-19)14-15-25-17(2)29)31-24-27-26-23(20-12-13-20)28(24)21-6-4-3-5-7-21/h3-11,16,20H,12-15H2,1-2H3,(H,25,29). The van der Waals surface area contributed by atoms with Gasteiger partial charge in [-0.3, -0.25) is 14.2 Å². The average molecular weight is 435 g/mol. The molecule has 1 heterocycles. The molecule has 1 aromatic heterocycles. The Hall–Kier alpha value is -2.93. The molecule has 0 bridgehead atoms. The Labute approximate surface area is 186 Å². The van der Waals surface area contributed by atoms with Crippen LogP contribution in [0, 0.1) is 0 Å². The smallest absolute Gasteiger partial charge is 0.216 e. The van der Waals surface area contributed by atoms with Crippen LogP contribution in [-0.2, 0) is 11.2 Å². The van der Waals surface area contributed by atoms with E-state index in [0.29, 0.717) is 18.0 Å². The largest absolute Gasteiger partial charge is 0.356 e. The van der Waals surface area contributed by atoms with E-state index in [1.54, 1.807) is 0 Å². The molecule has 1 unspecified atom stereocenters. The van der Waals surface area contributed by atoms with Crippen LogP contribution in [0.5, 0.6) is 0 Å². The third-order valence-electron chi connectivity index (χ3n) is 5.29. The first kappa shape index (κ1) is 21.3. The van der Waals surface area contributed by atoms with Gasteiger partial charge in [-0.2, -0.15) is 0 Å². The third kappa shape index (κ3) is 5.22. The molecule has 1 N–H and O–H groups in total. The van der Waals surface area contributed by atoms with Gasteiger partial charge in [-0.1, -0.05) is 54.2 Å². The van der Waals surface area contributed by atoms with Gasteiger partial charge in [-0.05, 0) is 43.9 Å². The Morgan fingerprint density at radius 3 is 2.45 bits per heavy atom. The molecular weight excluding hydrogens is 408 g/mol. The van der Waals surface area contributed by atoms with Crippen LogP contribution in [-0.4, -0.2) is 38.2 Å². The number of Topliss-reactive ketones (excluding diaryl/α,β-unsaturated/α-hetero) is 1. The van der Waals surface area contributed by atoms with Crippen molar-refractivity contribution in [3.8, 4) is 5.69 Å². The van der Waals surface area contributed by atoms with Crippen LogP contribution in [0.1, 0.15) is 54.4 Å². The summed E-state index contributed by atoms with van der Waals surface area (Å²) in [5, 5.41) is 12.1. The molecule has 1 amide bonds. The van der Waals surface area contributed by atoms with Gasteiger partial charge in [-0.15, -0.1) is 10.2 Å². The normalized spacial score (nSPS) is 14.3. The number of ketones is 1. The number of aromatic nitrogens is 3. The van der Waals surface area contributed by atoms with Gasteiger partial charge in [-0.25, -0.2) is 0 Å². The lowest BCUT2D eigenvalue weighted by Crippen LogP contribution is -2.22. The van der Waals surface area contributed by atoms with Gasteiger partial charge in [0.2, 0.25) is 5.91 Å². The Kier molecular flexibility index (Phi) is 6.51. The second-order valence-electron chi connectivity index (χ2n) is 7.84. The summed E-state index contributed by atoms with van der Waals surface area (Å²) >= 11 is 1.45. The van der Waals surface area contributed by atoms with Crippen molar-refractivity contribution in [1.82, 2.24) is 20.1 Å². The van der Waals surface area contributed by atoms with Crippen LogP contribution in [0.15, 0.2) is 59.8 Å². The number of carbonyl (C=O) groups is 2. The van der Waals surface area contributed by atoms with Gasteiger partial charge in [0.05, 0.1) is 5.25 Å². The minimum atomic E-state index is -0.288. The Morgan fingerprint density at radius 2 is 1.81 bits per heavy atom. The van der Waals surface area contributed by atoms with Crippen molar-refractivity contribution in [2.24, 2.45) is 0 Å². The maximum Gasteiger partial charge on any atom is 0.216 e. The van der Waals surface area contributed by atoms with Gasteiger partial charge < -0.3 is 5.32 Å². The van der Waals surface area contributed by atoms with Crippen molar-refractivity contribution in [1.29, 1.82) is 0 Å². The first-order valence-corrected chi connectivity index (χ1v) is 11.5. The molecule has 0 saturated heterocycles. The van der Waals surface area contributed by atoms with Crippen molar-refractivity contribution in [2.75, 3.05) is 6.54 Å². The molecule has 4 rings (SSSR count). The van der Waals surface area contributed by atoms with E-state index in [-0.39, 0.29) is 16.9 Å². The number of amides is 1. The molecule has 2 aromatic carbocycles. The predicted molar refractivity (Wildman–Crippen MR) is 122 cm³/mol. The molecule has 0 spiro atoms. The van der Waals surface area contributed by atoms with Crippen LogP contribution in [0.2, 0.25) is 0 Å². The Morgan fingerprint density at radius 1 is 1.10 bits per heavy atom. The fraction of sp³-hybridized carbons (Fsp3) is 0.333. The zero-order chi connectivity index (χ0) is 21.8. The molecule has 6 nitrogen and oxygen atoms in total. The van der Waals surface area contributed by atoms with Gasteiger partial charge >= 0.3 is 0 Å². The van der Waals surface area contributed by atoms with Crippen LogP contribution < -0.4 is 5.32 Å². The second-order valence-corrected chi connectivity index (χ2v) is 9.15. The van der Waals surface area contributed by atoms with Gasteiger partial charge in [0.15, 0.2) is 10.9 Å². The minimum absolute atomic E-state index is 0.0363. The topological polar surface area (TPSA) is 76.9 Å². The molecule has 160 valence electrons. The monoisotopic (exact) mass is 434 g/mol. The minimum Gasteiger partial charge on any atom is -0.356 e. The average Bonchev–Trinajstić information content (AvgIpc) is 3.54. The molecule has 1 aliphatic carbocycles. The SMILES string of the molecule is CC(=O)NCCc1ccc(C(=O)C(C)Sc2nnc(C3CC3)n2-c2ccccc2)cc1. The predicted octanol–water partition coefficient (Wildman–Crippen LogP) is 4.19. The first-order valence-electron chi connectivity index (χ1n) is 10.6. The van der Waals surface area contributed by atoms with Crippen molar-refractivity contribution < 1.29 is 9.59 Å². The number of hydrogen-bond acceptors (Lipinski definition) is 5. The molecule has 0 aliphatic heterocycles. The number of thioether (sulfide) groups is 1. The van der Waals surface area contributed by atoms with Crippen molar-refractivity contribution in [3.63, 3.8) is 0 Å². The van der Waals surface area contributed by atoms with Crippen LogP contribution >= 0.6 is 11.8 Å². The summed E-state index contributed by atoms with van der Waals surface area (Å²) in [6, 6.07) is 17.7. The molecule has 3 aromatic rings. The van der Waals surface area contributed by atoms with Gasteiger partial charge in [0.25, 0.3) is 0 Å². The number of rotatable bonds is 9. The maximum atomic E-state index is 13.0. The van der Waals surface area contributed by atoms with Crippen LogP contribution in [0.4, 0.5) is 0 Å². The number of hydrogen-bond donors (Lipinski definition) is 1. The molecule has 7 heteroatoms. The highest BCUT2D eigenvalue weighted by atomic mass is 32.2. The molecule has 1 aliphatic rings. The summed E-state index contributed by atoms with van der Waals surface area (Å²) < 4.78 is 2.09. The summed E-state index contributed by atoms with van der Waals surface area (Å²) in [7, 11) is 0. The van der Waals surface area contributed by atoms with Crippen molar-refractivity contribution in [3.05, 3.63) is 71.5 Å². The molecule has 31 heavy (non-hydrogen) atoms. The molecule has 0 radical (unpaired) electrons. The molecule has 1 fully saturated rings. The number of carbonyl (C=O) groups excluding carboxylic acids is 2. The van der Waals surface area contributed by atoms with E-state index in [2.05, 4.69) is 20.1 Å². The van der Waals surface area contributed by atoms with Gasteiger partial charge in [0, 0.05) is 30.6 Å². The summed E-state index contributed by atoms with van der Waals surface area (Å²) in [5.74, 6) is 1.47. The van der Waals surface area contributed by atoms with Gasteiger partial charge in [0.1, 0.15) is 5.82 Å². The molecule has 1 atom stereocenters. The lowest BCUT2D eigenvalue weighted by atomic mass is 10.0. The van der Waals surface area contributed by atoms with E-state index in [0.717, 1.165) is 41.5 Å². The molecule has 1 saturated carbocycles. The summed E-state index contributed by atoms with van der Waals surface area (Å²) in [6.07, 6.45) is 3.01. The number of nitrogens with one attached hydrogen (secondary N) is 1. The highest BCUT2D eigenvalue weighted by Crippen LogP contribution is 2.41. The highest BCUT2D eigenvalue weighted by Gasteiger charge is 2.32. The van der Waals surface area contributed by atoms with Crippen LogP contribution in [0.25, 0.3) is 5.69 Å². The van der Waals surface area contributed by atoms with E-state index in [4.69, 9.17) is 0 Å². The molecular formula is C24H26N4O2S. The number of benzene rings is 2. The lowest BCUT2D eigenvalue weighted by Gasteiger charge is -2.13. The highest BCUT2D eigenvalue weighted by molar-refractivity contribution is 8.00. The zero-order valence-electron chi connectivity index (χ0n) is 17.7. The van der Waals surface area contributed by atoms with E-state index in [1.165, 1.54) is 18.7 Å². The lowest BCUT2D eigenvalue weighted by molar-refractivity contribution is -0.118. The summed E-state index contributed by atoms with van der Waals surface area (Å²) in [6.45, 7) is 4.01. The fourth-order valence-electron chi connectivity index (χ4n) is 3.45. The Bertz CT molecular complexity index is 1060. The van der Waals surface area contributed by atoms with Crippen LogP contribution in [0.3, 0.4) is 0 Å². The fourth-order valence-corrected chi connectivity index (χ4v) is 4.40. The maximum absolute atomic E-state index is 13.0. The van der Waals surface area contributed by atoms with E-state index in [1.807, 2.05) is 61.5 Å².